The Balaban J connectivity index is 1.72. The first kappa shape index (κ1) is 16.2. The van der Waals surface area contributed by atoms with Crippen LogP contribution in [0.4, 0.5) is 0 Å². The summed E-state index contributed by atoms with van der Waals surface area (Å²) in [6.07, 6.45) is 1.17. The molecule has 2 saturated heterocycles. The van der Waals surface area contributed by atoms with Gasteiger partial charge >= 0.3 is 5.97 Å². The van der Waals surface area contributed by atoms with Crippen LogP contribution in [0.3, 0.4) is 0 Å². The second kappa shape index (κ2) is 7.22. The van der Waals surface area contributed by atoms with E-state index < -0.39 is 5.97 Å². The highest BCUT2D eigenvalue weighted by molar-refractivity contribution is 5.79. The summed E-state index contributed by atoms with van der Waals surface area (Å²) in [4.78, 5) is 29.7. The Morgan fingerprint density at radius 2 is 1.62 bits per heavy atom. The zero-order chi connectivity index (χ0) is 15.4. The van der Waals surface area contributed by atoms with Crippen molar-refractivity contribution in [1.29, 1.82) is 0 Å². The number of carboxylic acid groups (broad SMARTS) is 1. The van der Waals surface area contributed by atoms with Crippen molar-refractivity contribution in [2.45, 2.75) is 32.7 Å². The van der Waals surface area contributed by atoms with Gasteiger partial charge in [0.1, 0.15) is 0 Å². The van der Waals surface area contributed by atoms with E-state index in [1.54, 1.807) is 0 Å². The lowest BCUT2D eigenvalue weighted by molar-refractivity contribution is -0.146. The number of likely N-dealkylation sites (tertiary alicyclic amines) is 1. The topological polar surface area (TPSA) is 64.1 Å². The SMILES string of the molecule is CC(C)N1CCN(CC(=O)N2CCC(C(=O)O)CC2)CC1. The van der Waals surface area contributed by atoms with Crippen LogP contribution >= 0.6 is 0 Å². The summed E-state index contributed by atoms with van der Waals surface area (Å²) in [5, 5.41) is 8.98. The number of piperidine rings is 1. The third-order valence-electron chi connectivity index (χ3n) is 4.69. The molecule has 0 bridgehead atoms. The van der Waals surface area contributed by atoms with Gasteiger partial charge in [0, 0.05) is 45.3 Å². The Morgan fingerprint density at radius 1 is 1.05 bits per heavy atom. The molecule has 2 aliphatic rings. The van der Waals surface area contributed by atoms with Crippen molar-refractivity contribution >= 4 is 11.9 Å². The summed E-state index contributed by atoms with van der Waals surface area (Å²) in [6.45, 7) is 9.97. The van der Waals surface area contributed by atoms with Crippen molar-refractivity contribution in [2.75, 3.05) is 45.8 Å². The number of carbonyl (C=O) groups is 2. The van der Waals surface area contributed by atoms with Crippen LogP contribution in [0.25, 0.3) is 0 Å². The average Bonchev–Trinajstić information content (AvgIpc) is 2.47. The molecule has 0 unspecified atom stereocenters. The van der Waals surface area contributed by atoms with E-state index in [1.165, 1.54) is 0 Å². The Bertz CT molecular complexity index is 370. The minimum atomic E-state index is -0.730. The zero-order valence-corrected chi connectivity index (χ0v) is 13.1. The molecule has 0 aromatic carbocycles. The first-order valence-electron chi connectivity index (χ1n) is 7.94. The zero-order valence-electron chi connectivity index (χ0n) is 13.1. The summed E-state index contributed by atoms with van der Waals surface area (Å²) in [6, 6.07) is 0.567. The fourth-order valence-electron chi connectivity index (χ4n) is 3.10. The Kier molecular flexibility index (Phi) is 5.58. The highest BCUT2D eigenvalue weighted by atomic mass is 16.4. The van der Waals surface area contributed by atoms with Crippen LogP contribution in [0, 0.1) is 5.92 Å². The maximum Gasteiger partial charge on any atom is 0.306 e. The maximum atomic E-state index is 12.3. The van der Waals surface area contributed by atoms with Crippen LogP contribution in [0.1, 0.15) is 26.7 Å². The van der Waals surface area contributed by atoms with Crippen LogP contribution in [0.15, 0.2) is 0 Å². The average molecular weight is 297 g/mol. The second-order valence-corrected chi connectivity index (χ2v) is 6.40. The van der Waals surface area contributed by atoms with E-state index in [1.807, 2.05) is 4.90 Å². The number of hydrogen-bond acceptors (Lipinski definition) is 4. The minimum Gasteiger partial charge on any atom is -0.481 e. The van der Waals surface area contributed by atoms with Gasteiger partial charge in [0.15, 0.2) is 0 Å². The van der Waals surface area contributed by atoms with Gasteiger partial charge in [0.25, 0.3) is 0 Å². The molecule has 0 spiro atoms. The third-order valence-corrected chi connectivity index (χ3v) is 4.69. The number of rotatable bonds is 4. The molecule has 0 aromatic rings. The molecule has 2 heterocycles. The molecule has 2 rings (SSSR count). The molecule has 1 N–H and O–H groups in total. The second-order valence-electron chi connectivity index (χ2n) is 6.40. The molecular formula is C15H27N3O3. The van der Waals surface area contributed by atoms with E-state index >= 15 is 0 Å². The van der Waals surface area contributed by atoms with Gasteiger partial charge in [-0.2, -0.15) is 0 Å². The molecule has 21 heavy (non-hydrogen) atoms. The lowest BCUT2D eigenvalue weighted by atomic mass is 9.97. The van der Waals surface area contributed by atoms with Crippen LogP contribution in [-0.2, 0) is 9.59 Å². The predicted molar refractivity (Wildman–Crippen MR) is 80.1 cm³/mol. The Labute approximate surface area is 126 Å². The largest absolute Gasteiger partial charge is 0.481 e. The first-order chi connectivity index (χ1) is 9.97. The van der Waals surface area contributed by atoms with Crippen LogP contribution in [0.2, 0.25) is 0 Å². The highest BCUT2D eigenvalue weighted by Crippen LogP contribution is 2.17. The normalized spacial score (nSPS) is 22.7. The molecule has 1 amide bonds. The maximum absolute atomic E-state index is 12.3. The third kappa shape index (κ3) is 4.41. The van der Waals surface area contributed by atoms with E-state index in [4.69, 9.17) is 5.11 Å². The van der Waals surface area contributed by atoms with Gasteiger partial charge in [0.05, 0.1) is 12.5 Å². The molecule has 0 aliphatic carbocycles. The van der Waals surface area contributed by atoms with Gasteiger partial charge in [-0.25, -0.2) is 0 Å². The van der Waals surface area contributed by atoms with E-state index in [0.29, 0.717) is 38.5 Å². The van der Waals surface area contributed by atoms with Gasteiger partial charge in [-0.3, -0.25) is 19.4 Å². The molecule has 2 fully saturated rings. The number of amides is 1. The van der Waals surface area contributed by atoms with Gasteiger partial charge in [-0.1, -0.05) is 0 Å². The number of carbonyl (C=O) groups excluding carboxylic acids is 1. The number of hydrogen-bond donors (Lipinski definition) is 1. The summed E-state index contributed by atoms with van der Waals surface area (Å²) in [5.74, 6) is -0.854. The molecule has 6 heteroatoms. The minimum absolute atomic E-state index is 0.150. The van der Waals surface area contributed by atoms with E-state index in [-0.39, 0.29) is 11.8 Å². The quantitative estimate of drug-likeness (QED) is 0.810. The fourth-order valence-corrected chi connectivity index (χ4v) is 3.10. The molecule has 0 radical (unpaired) electrons. The monoisotopic (exact) mass is 297 g/mol. The molecule has 0 aromatic heterocycles. The number of aliphatic carboxylic acids is 1. The molecule has 6 nitrogen and oxygen atoms in total. The Morgan fingerprint density at radius 3 is 2.10 bits per heavy atom. The van der Waals surface area contributed by atoms with Crippen molar-refractivity contribution in [1.82, 2.24) is 14.7 Å². The smallest absolute Gasteiger partial charge is 0.306 e. The summed E-state index contributed by atoms with van der Waals surface area (Å²) < 4.78 is 0. The van der Waals surface area contributed by atoms with Crippen molar-refractivity contribution in [2.24, 2.45) is 5.92 Å². The van der Waals surface area contributed by atoms with Crippen LogP contribution in [0.5, 0.6) is 0 Å². The van der Waals surface area contributed by atoms with E-state index in [0.717, 1.165) is 26.2 Å². The van der Waals surface area contributed by atoms with Crippen molar-refractivity contribution < 1.29 is 14.7 Å². The molecular weight excluding hydrogens is 270 g/mol. The van der Waals surface area contributed by atoms with Crippen molar-refractivity contribution in [3.8, 4) is 0 Å². The summed E-state index contributed by atoms with van der Waals surface area (Å²) in [5.41, 5.74) is 0. The van der Waals surface area contributed by atoms with Crippen LogP contribution in [-0.4, -0.2) is 83.5 Å². The molecule has 120 valence electrons. The van der Waals surface area contributed by atoms with Gasteiger partial charge in [0.2, 0.25) is 5.91 Å². The lowest BCUT2D eigenvalue weighted by Gasteiger charge is -2.38. The van der Waals surface area contributed by atoms with Crippen molar-refractivity contribution in [3.05, 3.63) is 0 Å². The molecule has 2 aliphatic heterocycles. The van der Waals surface area contributed by atoms with Gasteiger partial charge in [-0.15, -0.1) is 0 Å². The number of piperazine rings is 1. The van der Waals surface area contributed by atoms with Crippen LogP contribution < -0.4 is 0 Å². The van der Waals surface area contributed by atoms with Gasteiger partial charge in [-0.05, 0) is 26.7 Å². The lowest BCUT2D eigenvalue weighted by Crippen LogP contribution is -2.52. The Hall–Kier alpha value is -1.14. The summed E-state index contributed by atoms with van der Waals surface area (Å²) in [7, 11) is 0. The molecule has 0 saturated carbocycles. The van der Waals surface area contributed by atoms with E-state index in [2.05, 4.69) is 23.6 Å². The van der Waals surface area contributed by atoms with Crippen molar-refractivity contribution in [3.63, 3.8) is 0 Å². The summed E-state index contributed by atoms with van der Waals surface area (Å²) >= 11 is 0. The van der Waals surface area contributed by atoms with E-state index in [9.17, 15) is 9.59 Å². The number of nitrogens with zero attached hydrogens (tertiary/aromatic N) is 3. The van der Waals surface area contributed by atoms with Gasteiger partial charge < -0.3 is 10.0 Å². The highest BCUT2D eigenvalue weighted by Gasteiger charge is 2.28. The predicted octanol–water partition coefficient (Wildman–Crippen LogP) is 0.336. The number of carboxylic acids is 1. The fraction of sp³-hybridized carbons (Fsp3) is 0.867. The first-order valence-corrected chi connectivity index (χ1v) is 7.94. The molecule has 0 atom stereocenters. The standard InChI is InChI=1S/C15H27N3O3/c1-12(2)17-9-7-16(8-10-17)11-14(19)18-5-3-13(4-6-18)15(20)21/h12-13H,3-11H2,1-2H3,(H,20,21).